The molecule has 5 nitrogen and oxygen atoms in total. The normalized spacial score (nSPS) is 22.4. The van der Waals surface area contributed by atoms with Gasteiger partial charge in [0, 0.05) is 12.6 Å². The van der Waals surface area contributed by atoms with Crippen molar-refractivity contribution in [3.8, 4) is 5.75 Å². The van der Waals surface area contributed by atoms with E-state index in [1.54, 1.807) is 12.1 Å². The molecule has 3 N–H and O–H groups in total. The van der Waals surface area contributed by atoms with Crippen LogP contribution in [0, 0.1) is 0 Å². The van der Waals surface area contributed by atoms with E-state index in [0.29, 0.717) is 13.0 Å². The maximum atomic E-state index is 11.4. The van der Waals surface area contributed by atoms with Crippen LogP contribution >= 0.6 is 0 Å². The molecular formula is C14H20N2O3. The number of hydrogen-bond donors (Lipinski definition) is 3. The third-order valence-corrected chi connectivity index (χ3v) is 3.74. The predicted octanol–water partition coefficient (Wildman–Crippen LogP) is 1.67. The molecule has 1 aliphatic rings. The Morgan fingerprint density at radius 2 is 2.21 bits per heavy atom. The van der Waals surface area contributed by atoms with Gasteiger partial charge < -0.3 is 20.4 Å². The smallest absolute Gasteiger partial charge is 0.407 e. The number of aromatic hydroxyl groups is 1. The first-order valence-electron chi connectivity index (χ1n) is 6.59. The zero-order chi connectivity index (χ0) is 13.8. The van der Waals surface area contributed by atoms with Crippen LogP contribution in [0.4, 0.5) is 4.79 Å². The van der Waals surface area contributed by atoms with Crippen molar-refractivity contribution in [3.63, 3.8) is 0 Å². The minimum atomic E-state index is -0.893. The van der Waals surface area contributed by atoms with Crippen molar-refractivity contribution < 1.29 is 15.0 Å². The minimum Gasteiger partial charge on any atom is -0.508 e. The molecule has 1 aliphatic heterocycles. The van der Waals surface area contributed by atoms with Gasteiger partial charge in [-0.3, -0.25) is 0 Å². The Bertz CT molecular complexity index is 450. The highest BCUT2D eigenvalue weighted by atomic mass is 16.4. The standard InChI is InChI=1S/C14H20N2O3/c1-10-12(6-8-15-10)16(14(18)19)9-7-11-4-2-3-5-13(11)17/h2-5,10,12,15,17H,6-9H2,1H3,(H,18,19). The zero-order valence-electron chi connectivity index (χ0n) is 11.0. The molecule has 0 radical (unpaired) electrons. The van der Waals surface area contributed by atoms with Gasteiger partial charge in [-0.2, -0.15) is 0 Å². The first kappa shape index (κ1) is 13.7. The van der Waals surface area contributed by atoms with Gasteiger partial charge in [0.15, 0.2) is 0 Å². The van der Waals surface area contributed by atoms with Crippen LogP contribution in [-0.2, 0) is 6.42 Å². The van der Waals surface area contributed by atoms with E-state index >= 15 is 0 Å². The molecule has 1 heterocycles. The number of phenolic OH excluding ortho intramolecular Hbond substituents is 1. The van der Waals surface area contributed by atoms with Crippen molar-refractivity contribution in [2.45, 2.75) is 31.8 Å². The molecule has 5 heteroatoms. The van der Waals surface area contributed by atoms with Crippen molar-refractivity contribution in [3.05, 3.63) is 29.8 Å². The molecule has 104 valence electrons. The average molecular weight is 264 g/mol. The largest absolute Gasteiger partial charge is 0.508 e. The Labute approximate surface area is 112 Å². The first-order valence-corrected chi connectivity index (χ1v) is 6.59. The van der Waals surface area contributed by atoms with Gasteiger partial charge in [-0.25, -0.2) is 4.79 Å². The highest BCUT2D eigenvalue weighted by molar-refractivity contribution is 5.65. The van der Waals surface area contributed by atoms with Crippen LogP contribution in [0.15, 0.2) is 24.3 Å². The maximum absolute atomic E-state index is 11.4. The number of nitrogens with zero attached hydrogens (tertiary/aromatic N) is 1. The van der Waals surface area contributed by atoms with E-state index < -0.39 is 6.09 Å². The van der Waals surface area contributed by atoms with Crippen LogP contribution < -0.4 is 5.32 Å². The van der Waals surface area contributed by atoms with Gasteiger partial charge >= 0.3 is 6.09 Å². The van der Waals surface area contributed by atoms with E-state index in [1.807, 2.05) is 19.1 Å². The second kappa shape index (κ2) is 5.93. The second-order valence-electron chi connectivity index (χ2n) is 4.95. The summed E-state index contributed by atoms with van der Waals surface area (Å²) in [7, 11) is 0. The summed E-state index contributed by atoms with van der Waals surface area (Å²) in [6.07, 6.45) is 0.479. The van der Waals surface area contributed by atoms with Gasteiger partial charge in [0.2, 0.25) is 0 Å². The Hall–Kier alpha value is -1.75. The molecule has 1 amide bonds. The third-order valence-electron chi connectivity index (χ3n) is 3.74. The van der Waals surface area contributed by atoms with E-state index in [9.17, 15) is 15.0 Å². The summed E-state index contributed by atoms with van der Waals surface area (Å²) in [6, 6.07) is 7.26. The molecule has 0 spiro atoms. The highest BCUT2D eigenvalue weighted by Gasteiger charge is 2.31. The molecule has 19 heavy (non-hydrogen) atoms. The van der Waals surface area contributed by atoms with Crippen LogP contribution in [0.3, 0.4) is 0 Å². The molecule has 0 aromatic heterocycles. The zero-order valence-corrected chi connectivity index (χ0v) is 11.0. The first-order chi connectivity index (χ1) is 9.09. The number of carbonyl (C=O) groups is 1. The number of nitrogens with one attached hydrogen (secondary N) is 1. The number of benzene rings is 1. The summed E-state index contributed by atoms with van der Waals surface area (Å²) in [6.45, 7) is 3.27. The Kier molecular flexibility index (Phi) is 4.27. The average Bonchev–Trinajstić information content (AvgIpc) is 2.78. The van der Waals surface area contributed by atoms with Gasteiger partial charge in [0.25, 0.3) is 0 Å². The minimum absolute atomic E-state index is 0.0170. The van der Waals surface area contributed by atoms with Crippen molar-refractivity contribution in [2.75, 3.05) is 13.1 Å². The fourth-order valence-corrected chi connectivity index (χ4v) is 2.64. The lowest BCUT2D eigenvalue weighted by Gasteiger charge is -2.29. The maximum Gasteiger partial charge on any atom is 0.407 e. The summed E-state index contributed by atoms with van der Waals surface area (Å²) < 4.78 is 0. The number of rotatable bonds is 4. The lowest BCUT2D eigenvalue weighted by atomic mass is 10.1. The predicted molar refractivity (Wildman–Crippen MR) is 72.4 cm³/mol. The number of phenols is 1. The van der Waals surface area contributed by atoms with Gasteiger partial charge in [0.05, 0.1) is 6.04 Å². The molecule has 1 aromatic carbocycles. The quantitative estimate of drug-likeness (QED) is 0.773. The van der Waals surface area contributed by atoms with Crippen LogP contribution in [0.25, 0.3) is 0 Å². The van der Waals surface area contributed by atoms with Crippen LogP contribution in [0.1, 0.15) is 18.9 Å². The SMILES string of the molecule is CC1NCCC1N(CCc1ccccc1O)C(=O)O. The van der Waals surface area contributed by atoms with Crippen molar-refractivity contribution >= 4 is 6.09 Å². The lowest BCUT2D eigenvalue weighted by molar-refractivity contribution is 0.121. The molecule has 0 aliphatic carbocycles. The van der Waals surface area contributed by atoms with Gasteiger partial charge in [-0.05, 0) is 37.9 Å². The van der Waals surface area contributed by atoms with Crippen molar-refractivity contribution in [1.82, 2.24) is 10.2 Å². The molecule has 2 unspecified atom stereocenters. The molecule has 1 saturated heterocycles. The number of hydrogen-bond acceptors (Lipinski definition) is 3. The summed E-state index contributed by atoms with van der Waals surface area (Å²) in [5.41, 5.74) is 0.785. The van der Waals surface area contributed by atoms with E-state index in [0.717, 1.165) is 18.5 Å². The van der Waals surface area contributed by atoms with Crippen LogP contribution in [0.5, 0.6) is 5.75 Å². The number of amides is 1. The Morgan fingerprint density at radius 3 is 2.79 bits per heavy atom. The molecule has 2 rings (SSSR count). The molecule has 1 aromatic rings. The summed E-state index contributed by atoms with van der Waals surface area (Å²) >= 11 is 0. The number of carboxylic acid groups (broad SMARTS) is 1. The van der Waals surface area contributed by atoms with E-state index in [4.69, 9.17) is 0 Å². The van der Waals surface area contributed by atoms with E-state index in [1.165, 1.54) is 4.90 Å². The molecule has 0 saturated carbocycles. The topological polar surface area (TPSA) is 72.8 Å². The lowest BCUT2D eigenvalue weighted by Crippen LogP contribution is -2.46. The van der Waals surface area contributed by atoms with Gasteiger partial charge in [-0.1, -0.05) is 18.2 Å². The number of para-hydroxylation sites is 1. The Morgan fingerprint density at radius 1 is 1.47 bits per heavy atom. The summed E-state index contributed by atoms with van der Waals surface area (Å²) in [5.74, 6) is 0.227. The molecular weight excluding hydrogens is 244 g/mol. The molecule has 2 atom stereocenters. The molecule has 0 bridgehead atoms. The summed E-state index contributed by atoms with van der Waals surface area (Å²) in [5, 5.41) is 22.3. The monoisotopic (exact) mass is 264 g/mol. The van der Waals surface area contributed by atoms with Crippen molar-refractivity contribution in [2.24, 2.45) is 0 Å². The second-order valence-corrected chi connectivity index (χ2v) is 4.95. The van der Waals surface area contributed by atoms with Crippen molar-refractivity contribution in [1.29, 1.82) is 0 Å². The molecule has 1 fully saturated rings. The highest BCUT2D eigenvalue weighted by Crippen LogP contribution is 2.19. The fraction of sp³-hybridized carbons (Fsp3) is 0.500. The van der Waals surface area contributed by atoms with Gasteiger partial charge in [-0.15, -0.1) is 0 Å². The van der Waals surface area contributed by atoms with E-state index in [-0.39, 0.29) is 17.8 Å². The van der Waals surface area contributed by atoms with Gasteiger partial charge in [0.1, 0.15) is 5.75 Å². The van der Waals surface area contributed by atoms with E-state index in [2.05, 4.69) is 5.32 Å². The van der Waals surface area contributed by atoms with Crippen LogP contribution in [-0.4, -0.2) is 46.4 Å². The Balaban J connectivity index is 2.02. The fourth-order valence-electron chi connectivity index (χ4n) is 2.64. The summed E-state index contributed by atoms with van der Waals surface area (Å²) in [4.78, 5) is 12.9. The third kappa shape index (κ3) is 3.17. The van der Waals surface area contributed by atoms with Crippen LogP contribution in [0.2, 0.25) is 0 Å².